The maximum atomic E-state index is 13.4. The Kier molecular flexibility index (Phi) is 7.83. The van der Waals surface area contributed by atoms with Crippen LogP contribution >= 0.6 is 0 Å². The Morgan fingerprint density at radius 3 is 1.89 bits per heavy atom. The Labute approximate surface area is 214 Å². The molecule has 2 aliphatic rings. The smallest absolute Gasteiger partial charge is 0.240 e. The predicted molar refractivity (Wildman–Crippen MR) is 143 cm³/mol. The summed E-state index contributed by atoms with van der Waals surface area (Å²) in [7, 11) is 0. The Hall–Kier alpha value is -3.36. The number of nitrogens with zero attached hydrogens (tertiary/aromatic N) is 2. The number of anilines is 1. The molecule has 36 heavy (non-hydrogen) atoms. The monoisotopic (exact) mass is 481 g/mol. The Morgan fingerprint density at radius 2 is 1.36 bits per heavy atom. The summed E-state index contributed by atoms with van der Waals surface area (Å²) >= 11 is 0. The molecule has 5 heteroatoms. The minimum Gasteiger partial charge on any atom is -0.438 e. The topological polar surface area (TPSA) is 69.3 Å². The van der Waals surface area contributed by atoms with Crippen LogP contribution in [0.15, 0.2) is 65.1 Å². The molecule has 2 aromatic carbocycles. The minimum absolute atomic E-state index is 0.101. The molecule has 1 heterocycles. The standard InChI is InChI=1S/C31H35N3O2/c32-21-27-29(23-13-5-1-6-14-23)30(24-15-7-2-8-16-24)36-31(27)33-28(35)22-34(25-17-9-3-10-18-25)26-19-11-4-12-20-26/h1-2,5-8,13-16,25-26H,3-4,9-12,17-20,22H2,(H,33,35). The van der Waals surface area contributed by atoms with Crippen molar-refractivity contribution >= 4 is 11.8 Å². The fraction of sp³-hybridized carbons (Fsp3) is 0.419. The van der Waals surface area contributed by atoms with E-state index in [1.807, 2.05) is 60.7 Å². The lowest BCUT2D eigenvalue weighted by Crippen LogP contribution is -2.48. The van der Waals surface area contributed by atoms with Crippen molar-refractivity contribution in [1.82, 2.24) is 4.90 Å². The van der Waals surface area contributed by atoms with E-state index >= 15 is 0 Å². The van der Waals surface area contributed by atoms with Crippen LogP contribution < -0.4 is 5.32 Å². The van der Waals surface area contributed by atoms with Gasteiger partial charge in [-0.1, -0.05) is 99.2 Å². The molecule has 1 N–H and O–H groups in total. The van der Waals surface area contributed by atoms with Gasteiger partial charge in [-0.25, -0.2) is 0 Å². The van der Waals surface area contributed by atoms with Crippen molar-refractivity contribution in [2.24, 2.45) is 0 Å². The number of carbonyl (C=O) groups is 1. The summed E-state index contributed by atoms with van der Waals surface area (Å²) in [6.07, 6.45) is 12.2. The molecular weight excluding hydrogens is 446 g/mol. The third-order valence-corrected chi connectivity index (χ3v) is 7.79. The largest absolute Gasteiger partial charge is 0.438 e. The van der Waals surface area contributed by atoms with Crippen LogP contribution in [-0.4, -0.2) is 29.4 Å². The number of benzene rings is 2. The van der Waals surface area contributed by atoms with E-state index in [2.05, 4.69) is 16.3 Å². The van der Waals surface area contributed by atoms with Crippen molar-refractivity contribution in [2.45, 2.75) is 76.3 Å². The van der Waals surface area contributed by atoms with Gasteiger partial charge in [-0.3, -0.25) is 15.0 Å². The Balaban J connectivity index is 1.44. The van der Waals surface area contributed by atoms with E-state index < -0.39 is 0 Å². The molecule has 186 valence electrons. The molecule has 1 aromatic heterocycles. The highest BCUT2D eigenvalue weighted by atomic mass is 16.4. The molecule has 3 aromatic rings. The Bertz CT molecular complexity index is 1170. The second-order valence-corrected chi connectivity index (χ2v) is 10.2. The molecule has 0 saturated heterocycles. The average molecular weight is 482 g/mol. The van der Waals surface area contributed by atoms with Crippen LogP contribution in [0.3, 0.4) is 0 Å². The van der Waals surface area contributed by atoms with Crippen molar-refractivity contribution in [3.63, 3.8) is 0 Å². The van der Waals surface area contributed by atoms with E-state index in [9.17, 15) is 10.1 Å². The van der Waals surface area contributed by atoms with Crippen LogP contribution in [0, 0.1) is 11.3 Å². The normalized spacial score (nSPS) is 17.1. The van der Waals surface area contributed by atoms with Crippen LogP contribution in [-0.2, 0) is 4.79 Å². The van der Waals surface area contributed by atoms with Gasteiger partial charge >= 0.3 is 0 Å². The SMILES string of the molecule is N#Cc1c(NC(=O)CN(C2CCCCC2)C2CCCCC2)oc(-c2ccccc2)c1-c1ccccc1. The summed E-state index contributed by atoms with van der Waals surface area (Å²) in [5, 5.41) is 13.2. The summed E-state index contributed by atoms with van der Waals surface area (Å²) in [6.45, 7) is 0.349. The molecule has 0 unspecified atom stereocenters. The molecule has 1 amide bonds. The molecule has 5 rings (SSSR count). The van der Waals surface area contributed by atoms with Crippen LogP contribution in [0.25, 0.3) is 22.5 Å². The second kappa shape index (κ2) is 11.6. The number of rotatable bonds is 7. The van der Waals surface area contributed by atoms with E-state index in [1.165, 1.54) is 64.2 Å². The first-order valence-electron chi connectivity index (χ1n) is 13.5. The van der Waals surface area contributed by atoms with Crippen molar-refractivity contribution in [2.75, 3.05) is 11.9 Å². The minimum atomic E-state index is -0.101. The molecular formula is C31H35N3O2. The number of carbonyl (C=O) groups excluding carboxylic acids is 1. The van der Waals surface area contributed by atoms with Gasteiger partial charge in [0, 0.05) is 23.2 Å². The van der Waals surface area contributed by atoms with Crippen LogP contribution in [0.1, 0.15) is 69.8 Å². The number of hydrogen-bond donors (Lipinski definition) is 1. The van der Waals surface area contributed by atoms with Gasteiger partial charge in [0.15, 0.2) is 0 Å². The van der Waals surface area contributed by atoms with Crippen molar-refractivity contribution < 1.29 is 9.21 Å². The summed E-state index contributed by atoms with van der Waals surface area (Å²) in [5.74, 6) is 0.744. The second-order valence-electron chi connectivity index (χ2n) is 10.2. The molecule has 0 aliphatic heterocycles. The van der Waals surface area contributed by atoms with Crippen LogP contribution in [0.4, 0.5) is 5.88 Å². The van der Waals surface area contributed by atoms with Crippen molar-refractivity contribution in [3.05, 3.63) is 66.2 Å². The summed E-state index contributed by atoms with van der Waals surface area (Å²) in [6, 6.07) is 22.8. The lowest BCUT2D eigenvalue weighted by molar-refractivity contribution is -0.119. The van der Waals surface area contributed by atoms with Gasteiger partial charge < -0.3 is 4.42 Å². The zero-order valence-electron chi connectivity index (χ0n) is 20.9. The van der Waals surface area contributed by atoms with E-state index in [-0.39, 0.29) is 11.8 Å². The van der Waals surface area contributed by atoms with Gasteiger partial charge in [-0.2, -0.15) is 5.26 Å². The van der Waals surface area contributed by atoms with Crippen molar-refractivity contribution in [3.8, 4) is 28.5 Å². The maximum Gasteiger partial charge on any atom is 0.240 e. The molecule has 2 aliphatic carbocycles. The quantitative estimate of drug-likeness (QED) is 0.382. The summed E-state index contributed by atoms with van der Waals surface area (Å²) in [5.41, 5.74) is 2.86. The summed E-state index contributed by atoms with van der Waals surface area (Å²) < 4.78 is 6.25. The molecule has 0 radical (unpaired) electrons. The number of nitrogens with one attached hydrogen (secondary N) is 1. The van der Waals surface area contributed by atoms with Gasteiger partial charge in [-0.05, 0) is 31.2 Å². The first-order valence-corrected chi connectivity index (χ1v) is 13.5. The zero-order valence-corrected chi connectivity index (χ0v) is 20.9. The van der Waals surface area contributed by atoms with Gasteiger partial charge in [0.1, 0.15) is 17.4 Å². The van der Waals surface area contributed by atoms with Gasteiger partial charge in [0.2, 0.25) is 11.8 Å². The lowest BCUT2D eigenvalue weighted by atomic mass is 9.88. The highest BCUT2D eigenvalue weighted by Gasteiger charge is 2.31. The highest BCUT2D eigenvalue weighted by molar-refractivity contribution is 5.96. The highest BCUT2D eigenvalue weighted by Crippen LogP contribution is 2.41. The third-order valence-electron chi connectivity index (χ3n) is 7.79. The van der Waals surface area contributed by atoms with E-state index in [1.54, 1.807) is 0 Å². The Morgan fingerprint density at radius 1 is 0.833 bits per heavy atom. The van der Waals surface area contributed by atoms with Gasteiger partial charge in [-0.15, -0.1) is 0 Å². The predicted octanol–water partition coefficient (Wildman–Crippen LogP) is 7.39. The zero-order chi connectivity index (χ0) is 24.7. The fourth-order valence-corrected chi connectivity index (χ4v) is 6.01. The molecule has 2 fully saturated rings. The maximum absolute atomic E-state index is 13.4. The van der Waals surface area contributed by atoms with Crippen LogP contribution in [0.2, 0.25) is 0 Å². The molecule has 0 atom stereocenters. The average Bonchev–Trinajstić information content (AvgIpc) is 3.31. The van der Waals surface area contributed by atoms with Gasteiger partial charge in [0.25, 0.3) is 0 Å². The van der Waals surface area contributed by atoms with Gasteiger partial charge in [0.05, 0.1) is 6.54 Å². The fourth-order valence-electron chi connectivity index (χ4n) is 6.01. The van der Waals surface area contributed by atoms with E-state index in [0.717, 1.165) is 16.7 Å². The molecule has 2 saturated carbocycles. The van der Waals surface area contributed by atoms with Crippen LogP contribution in [0.5, 0.6) is 0 Å². The number of hydrogen-bond acceptors (Lipinski definition) is 4. The number of nitriles is 1. The van der Waals surface area contributed by atoms with E-state index in [4.69, 9.17) is 4.42 Å². The van der Waals surface area contributed by atoms with Crippen molar-refractivity contribution in [1.29, 1.82) is 5.26 Å². The molecule has 0 spiro atoms. The molecule has 0 bridgehead atoms. The van der Waals surface area contributed by atoms with E-state index in [0.29, 0.717) is 30.0 Å². The number of amides is 1. The molecule has 5 nitrogen and oxygen atoms in total. The third kappa shape index (κ3) is 5.39. The summed E-state index contributed by atoms with van der Waals surface area (Å²) in [4.78, 5) is 15.9. The first kappa shape index (κ1) is 24.3. The number of furan rings is 1. The first-order chi connectivity index (χ1) is 17.7. The lowest BCUT2D eigenvalue weighted by Gasteiger charge is -2.41.